The molecule has 0 aliphatic heterocycles. The van der Waals surface area contributed by atoms with Crippen molar-refractivity contribution < 1.29 is 102 Å². The Balaban J connectivity index is 4.07. The van der Waals surface area contributed by atoms with Crippen molar-refractivity contribution in [1.29, 1.82) is 0 Å². The molecule has 1 fully saturated rings. The molecular weight excluding hydrogens is 611 g/mol. The maximum atomic E-state index is 14.4. The van der Waals surface area contributed by atoms with Crippen molar-refractivity contribution in [1.82, 2.24) is 0 Å². The Morgan fingerprint density at radius 2 is 0.842 bits per heavy atom. The van der Waals surface area contributed by atoms with Gasteiger partial charge in [-0.2, -0.15) is 87.8 Å². The minimum atomic E-state index is -9.47. The maximum Gasteiger partial charge on any atom is 0.473 e. The largest absolute Gasteiger partial charge is 0.473 e. The first kappa shape index (κ1) is 33.8. The molecule has 0 heterocycles. The first-order chi connectivity index (χ1) is 16.1. The van der Waals surface area contributed by atoms with Gasteiger partial charge in [0.2, 0.25) is 0 Å². The van der Waals surface area contributed by atoms with Gasteiger partial charge < -0.3 is 4.74 Å². The molecule has 23 heteroatoms. The van der Waals surface area contributed by atoms with Crippen molar-refractivity contribution in [3.63, 3.8) is 0 Å². The van der Waals surface area contributed by atoms with Crippen LogP contribution in [0.1, 0.15) is 6.92 Å². The molecular formula is C15H5F21O2. The summed E-state index contributed by atoms with van der Waals surface area (Å²) in [7, 11) is 0. The molecule has 1 rings (SSSR count). The molecule has 0 saturated heterocycles. The monoisotopic (exact) mass is 616 g/mol. The van der Waals surface area contributed by atoms with Crippen LogP contribution in [-0.2, 0) is 9.53 Å². The smallest absolute Gasteiger partial charge is 0.393 e. The molecule has 0 spiro atoms. The van der Waals surface area contributed by atoms with Gasteiger partial charge in [-0.3, -0.25) is 0 Å². The number of rotatable bonds is 7. The lowest BCUT2D eigenvalue weighted by Gasteiger charge is -2.55. The predicted octanol–water partition coefficient (Wildman–Crippen LogP) is 7.14. The van der Waals surface area contributed by atoms with Crippen LogP contribution in [0.25, 0.3) is 0 Å². The Hall–Kier alpha value is -2.26. The van der Waals surface area contributed by atoms with Crippen LogP contribution in [-0.4, -0.2) is 71.0 Å². The van der Waals surface area contributed by atoms with E-state index in [1.54, 1.807) is 0 Å². The second kappa shape index (κ2) is 7.90. The van der Waals surface area contributed by atoms with E-state index in [1.165, 1.54) is 0 Å². The average Bonchev–Trinajstić information content (AvgIpc) is 2.70. The Bertz CT molecular complexity index is 963. The molecule has 0 aromatic carbocycles. The van der Waals surface area contributed by atoms with Crippen LogP contribution in [0, 0.1) is 0 Å². The highest BCUT2D eigenvalue weighted by Gasteiger charge is 3.08. The molecule has 0 N–H and O–H groups in total. The van der Waals surface area contributed by atoms with E-state index >= 15 is 0 Å². The highest BCUT2D eigenvalue weighted by molar-refractivity contribution is 5.87. The molecule has 0 atom stereocenters. The van der Waals surface area contributed by atoms with Gasteiger partial charge in [-0.1, -0.05) is 6.58 Å². The topological polar surface area (TPSA) is 26.3 Å². The van der Waals surface area contributed by atoms with Gasteiger partial charge in [0.05, 0.1) is 0 Å². The van der Waals surface area contributed by atoms with E-state index in [0.29, 0.717) is 0 Å². The molecule has 38 heavy (non-hydrogen) atoms. The third kappa shape index (κ3) is 3.23. The highest BCUT2D eigenvalue weighted by atomic mass is 19.4. The second-order valence-corrected chi connectivity index (χ2v) is 7.51. The fourth-order valence-corrected chi connectivity index (χ4v) is 2.68. The van der Waals surface area contributed by atoms with E-state index in [0.717, 1.165) is 0 Å². The van der Waals surface area contributed by atoms with Crippen LogP contribution in [0.5, 0.6) is 0 Å². The highest BCUT2D eigenvalue weighted by Crippen LogP contribution is 2.75. The van der Waals surface area contributed by atoms with E-state index in [9.17, 15) is 97.0 Å². The zero-order valence-corrected chi connectivity index (χ0v) is 17.0. The first-order valence-electron chi connectivity index (χ1n) is 8.43. The van der Waals surface area contributed by atoms with Crippen LogP contribution in [0.3, 0.4) is 0 Å². The third-order valence-corrected chi connectivity index (χ3v) is 4.99. The van der Waals surface area contributed by atoms with Crippen molar-refractivity contribution in [2.75, 3.05) is 0 Å². The van der Waals surface area contributed by atoms with Crippen LogP contribution in [0.4, 0.5) is 92.2 Å². The summed E-state index contributed by atoms with van der Waals surface area (Å²) >= 11 is 0. The molecule has 0 unspecified atom stereocenters. The van der Waals surface area contributed by atoms with Crippen molar-refractivity contribution >= 4 is 5.97 Å². The van der Waals surface area contributed by atoms with Crippen LogP contribution in [0.15, 0.2) is 12.2 Å². The fraction of sp³-hybridized carbons (Fsp3) is 0.800. The lowest BCUT2D eigenvalue weighted by molar-refractivity contribution is -0.527. The summed E-state index contributed by atoms with van der Waals surface area (Å²) in [5.74, 6) is -82.6. The summed E-state index contributed by atoms with van der Waals surface area (Å²) in [5.41, 5.74) is -10.8. The van der Waals surface area contributed by atoms with E-state index in [2.05, 4.69) is 11.3 Å². The Kier molecular flexibility index (Phi) is 7.02. The normalized spacial score (nSPS) is 24.5. The zero-order valence-electron chi connectivity index (χ0n) is 17.0. The number of esters is 1. The van der Waals surface area contributed by atoms with Gasteiger partial charge >= 0.3 is 71.0 Å². The summed E-state index contributed by atoms with van der Waals surface area (Å²) in [6.45, 7) is 2.66. The molecule has 0 aromatic heterocycles. The van der Waals surface area contributed by atoms with Crippen LogP contribution < -0.4 is 0 Å². The number of ether oxygens (including phenoxy) is 1. The predicted molar refractivity (Wildman–Crippen MR) is 74.2 cm³/mol. The molecule has 0 amide bonds. The van der Waals surface area contributed by atoms with Crippen molar-refractivity contribution in [3.8, 4) is 0 Å². The first-order valence-corrected chi connectivity index (χ1v) is 8.43. The number of hydrogen-bond acceptors (Lipinski definition) is 2. The second-order valence-electron chi connectivity index (χ2n) is 7.51. The minimum Gasteiger partial charge on any atom is -0.393 e. The number of carbonyl (C=O) groups excluding carboxylic acids is 1. The number of alkyl halides is 21. The Morgan fingerprint density at radius 1 is 0.553 bits per heavy atom. The SMILES string of the molecule is C=C(C)C(=O)OC(F)(F)C(F)(F)C(F)(F)C(F)(F)C(F)(F)C1(F)C(F)(F)C(F)(F)C(F)(F)C(F)(F)C1(F)F. The van der Waals surface area contributed by atoms with Gasteiger partial charge in [0.25, 0.3) is 0 Å². The minimum absolute atomic E-state index is 0.272. The number of halogens is 21. The van der Waals surface area contributed by atoms with E-state index in [4.69, 9.17) is 0 Å². The van der Waals surface area contributed by atoms with Gasteiger partial charge in [-0.25, -0.2) is 9.18 Å². The van der Waals surface area contributed by atoms with Gasteiger partial charge in [0.1, 0.15) is 0 Å². The molecule has 2 nitrogen and oxygen atoms in total. The molecule has 224 valence electrons. The fourth-order valence-electron chi connectivity index (χ4n) is 2.68. The van der Waals surface area contributed by atoms with Crippen molar-refractivity contribution in [2.24, 2.45) is 0 Å². The maximum absolute atomic E-state index is 14.4. The van der Waals surface area contributed by atoms with E-state index in [-0.39, 0.29) is 6.92 Å². The van der Waals surface area contributed by atoms with E-state index < -0.39 is 76.6 Å². The number of carbonyl (C=O) groups is 1. The lowest BCUT2D eigenvalue weighted by Crippen LogP contribution is -2.90. The summed E-state index contributed by atoms with van der Waals surface area (Å²) in [6.07, 6.45) is -7.51. The summed E-state index contributed by atoms with van der Waals surface area (Å²) in [5, 5.41) is 0. The molecule has 0 bridgehead atoms. The molecule has 0 aromatic rings. The summed E-state index contributed by atoms with van der Waals surface area (Å²) in [4.78, 5) is 10.8. The van der Waals surface area contributed by atoms with Crippen LogP contribution in [0.2, 0.25) is 0 Å². The van der Waals surface area contributed by atoms with E-state index in [1.807, 2.05) is 0 Å². The number of hydrogen-bond donors (Lipinski definition) is 0. The standard InChI is InChI=1S/C15H5F21O2/c1-3(2)4(37)38-15(35,36)14(33,34)13(31,32)11(27,28)8(21,22)5(16)6(17,18)9(23,24)12(29,30)10(25,26)7(5,19)20/h1H2,2H3. The van der Waals surface area contributed by atoms with Crippen molar-refractivity contribution in [2.45, 2.75) is 72.0 Å². The third-order valence-electron chi connectivity index (χ3n) is 4.99. The Labute approximate surface area is 193 Å². The average molecular weight is 616 g/mol. The summed E-state index contributed by atoms with van der Waals surface area (Å²) in [6, 6.07) is 0. The lowest BCUT2D eigenvalue weighted by atomic mass is 9.67. The molecule has 0 radical (unpaired) electrons. The quantitative estimate of drug-likeness (QED) is 0.173. The molecule has 1 saturated carbocycles. The molecule has 1 aliphatic rings. The van der Waals surface area contributed by atoms with Gasteiger partial charge in [0, 0.05) is 5.57 Å². The summed E-state index contributed by atoms with van der Waals surface area (Å²) < 4.78 is 288. The van der Waals surface area contributed by atoms with Gasteiger partial charge in [-0.15, -0.1) is 0 Å². The molecule has 1 aliphatic carbocycles. The Morgan fingerprint density at radius 3 is 1.13 bits per heavy atom. The van der Waals surface area contributed by atoms with Crippen LogP contribution >= 0.6 is 0 Å². The van der Waals surface area contributed by atoms with Gasteiger partial charge in [0.15, 0.2) is 0 Å². The van der Waals surface area contributed by atoms with Crippen molar-refractivity contribution in [3.05, 3.63) is 12.2 Å². The van der Waals surface area contributed by atoms with Gasteiger partial charge in [-0.05, 0) is 6.92 Å². The zero-order chi connectivity index (χ0) is 31.4.